The van der Waals surface area contributed by atoms with Crippen LogP contribution in [0, 0.1) is 0 Å². The van der Waals surface area contributed by atoms with Crippen molar-refractivity contribution in [1.82, 2.24) is 9.97 Å². The molecule has 2 aromatic heterocycles. The SMILES string of the molecule is COc1ccc2c(n1)C1(CO2)OC(=S)N(Cc2cnc(C(C)C)s2)c2ccccc21. The first-order valence-electron chi connectivity index (χ1n) is 9.75. The molecule has 0 saturated heterocycles. The third kappa shape index (κ3) is 2.94. The van der Waals surface area contributed by atoms with Gasteiger partial charge in [-0.25, -0.2) is 9.97 Å². The zero-order chi connectivity index (χ0) is 20.9. The maximum atomic E-state index is 6.42. The largest absolute Gasteiger partial charge is 0.486 e. The Morgan fingerprint density at radius 3 is 2.87 bits per heavy atom. The summed E-state index contributed by atoms with van der Waals surface area (Å²) in [6, 6.07) is 11.8. The van der Waals surface area contributed by atoms with Crippen LogP contribution in [0.4, 0.5) is 5.69 Å². The van der Waals surface area contributed by atoms with Gasteiger partial charge in [0.2, 0.25) is 11.5 Å². The fourth-order valence-electron chi connectivity index (χ4n) is 3.85. The summed E-state index contributed by atoms with van der Waals surface area (Å²) in [6.45, 7) is 5.21. The molecule has 0 N–H and O–H groups in total. The number of methoxy groups -OCH3 is 1. The van der Waals surface area contributed by atoms with Gasteiger partial charge in [0.05, 0.1) is 24.3 Å². The normalized spacial score (nSPS) is 19.5. The van der Waals surface area contributed by atoms with Gasteiger partial charge in [0.15, 0.2) is 0 Å². The van der Waals surface area contributed by atoms with Gasteiger partial charge < -0.3 is 14.2 Å². The summed E-state index contributed by atoms with van der Waals surface area (Å²) in [5.41, 5.74) is 1.78. The van der Waals surface area contributed by atoms with Crippen molar-refractivity contribution in [2.75, 3.05) is 18.6 Å². The lowest BCUT2D eigenvalue weighted by atomic mass is 9.88. The molecule has 1 atom stereocenters. The topological polar surface area (TPSA) is 56.7 Å². The molecular formula is C22H21N3O3S2. The van der Waals surface area contributed by atoms with E-state index in [0.717, 1.165) is 21.1 Å². The first-order chi connectivity index (χ1) is 14.5. The van der Waals surface area contributed by atoms with Crippen molar-refractivity contribution < 1.29 is 14.2 Å². The molecule has 1 spiro atoms. The predicted molar refractivity (Wildman–Crippen MR) is 120 cm³/mol. The molecular weight excluding hydrogens is 418 g/mol. The molecule has 0 saturated carbocycles. The molecule has 3 aromatic rings. The highest BCUT2D eigenvalue weighted by Gasteiger charge is 2.52. The van der Waals surface area contributed by atoms with Crippen LogP contribution in [0.1, 0.15) is 40.9 Å². The number of pyridine rings is 1. The molecule has 2 aliphatic rings. The van der Waals surface area contributed by atoms with Gasteiger partial charge in [-0.1, -0.05) is 32.0 Å². The van der Waals surface area contributed by atoms with Gasteiger partial charge in [0.25, 0.3) is 5.17 Å². The summed E-state index contributed by atoms with van der Waals surface area (Å²) in [4.78, 5) is 12.4. The second kappa shape index (κ2) is 7.21. The molecule has 30 heavy (non-hydrogen) atoms. The number of hydrogen-bond acceptors (Lipinski definition) is 7. The Morgan fingerprint density at radius 2 is 2.10 bits per heavy atom. The van der Waals surface area contributed by atoms with Crippen molar-refractivity contribution in [1.29, 1.82) is 0 Å². The van der Waals surface area contributed by atoms with Gasteiger partial charge in [0, 0.05) is 28.6 Å². The van der Waals surface area contributed by atoms with Crippen LogP contribution < -0.4 is 14.4 Å². The molecule has 4 heterocycles. The Kier molecular flexibility index (Phi) is 4.63. The standard InChI is InChI=1S/C22H21N3O3S2/c1-13(2)20-23-10-14(30-20)11-25-16-7-5-4-6-15(16)22(28-21(25)29)12-27-17-8-9-18(26-3)24-19(17)22/h4-10,13H,11-12H2,1-3H3. The predicted octanol–water partition coefficient (Wildman–Crippen LogP) is 4.63. The monoisotopic (exact) mass is 439 g/mol. The molecule has 5 rings (SSSR count). The average Bonchev–Trinajstić information content (AvgIpc) is 3.37. The fraction of sp³-hybridized carbons (Fsp3) is 0.318. The van der Waals surface area contributed by atoms with Crippen LogP contribution in [0.15, 0.2) is 42.6 Å². The summed E-state index contributed by atoms with van der Waals surface area (Å²) >= 11 is 7.44. The van der Waals surface area contributed by atoms with E-state index >= 15 is 0 Å². The Labute approximate surface area is 184 Å². The van der Waals surface area contributed by atoms with Crippen molar-refractivity contribution in [3.8, 4) is 11.6 Å². The second-order valence-electron chi connectivity index (χ2n) is 7.61. The number of aromatic nitrogens is 2. The minimum Gasteiger partial charge on any atom is -0.486 e. The van der Waals surface area contributed by atoms with Crippen molar-refractivity contribution in [2.24, 2.45) is 0 Å². The number of benzene rings is 1. The summed E-state index contributed by atoms with van der Waals surface area (Å²) < 4.78 is 17.7. The summed E-state index contributed by atoms with van der Waals surface area (Å²) in [5, 5.41) is 1.52. The zero-order valence-electron chi connectivity index (χ0n) is 16.9. The van der Waals surface area contributed by atoms with Gasteiger partial charge in [0.1, 0.15) is 18.1 Å². The average molecular weight is 440 g/mol. The van der Waals surface area contributed by atoms with Crippen molar-refractivity contribution in [2.45, 2.75) is 31.9 Å². The first kappa shape index (κ1) is 19.3. The molecule has 1 unspecified atom stereocenters. The van der Waals surface area contributed by atoms with Crippen LogP contribution in [0.5, 0.6) is 11.6 Å². The summed E-state index contributed by atoms with van der Waals surface area (Å²) in [6.07, 6.45) is 1.93. The van der Waals surface area contributed by atoms with E-state index < -0.39 is 5.60 Å². The third-order valence-corrected chi connectivity index (χ3v) is 6.93. The van der Waals surface area contributed by atoms with Gasteiger partial charge >= 0.3 is 0 Å². The molecule has 0 radical (unpaired) electrons. The number of ether oxygens (including phenoxy) is 3. The number of rotatable bonds is 4. The minimum atomic E-state index is -0.884. The summed E-state index contributed by atoms with van der Waals surface area (Å²) in [5.74, 6) is 1.60. The van der Waals surface area contributed by atoms with Crippen LogP contribution in [0.3, 0.4) is 0 Å². The van der Waals surface area contributed by atoms with Gasteiger partial charge in [-0.15, -0.1) is 11.3 Å². The second-order valence-corrected chi connectivity index (χ2v) is 9.10. The minimum absolute atomic E-state index is 0.311. The van der Waals surface area contributed by atoms with E-state index in [-0.39, 0.29) is 0 Å². The van der Waals surface area contributed by atoms with E-state index in [1.165, 1.54) is 0 Å². The number of nitrogens with zero attached hydrogens (tertiary/aromatic N) is 3. The number of anilines is 1. The van der Waals surface area contributed by atoms with Crippen LogP contribution >= 0.6 is 23.6 Å². The Hall–Kier alpha value is -2.71. The van der Waals surface area contributed by atoms with Gasteiger partial charge in [-0.05, 0) is 24.4 Å². The highest BCUT2D eigenvalue weighted by atomic mass is 32.1. The van der Waals surface area contributed by atoms with Crippen LogP contribution in [0.25, 0.3) is 0 Å². The Morgan fingerprint density at radius 1 is 1.27 bits per heavy atom. The van der Waals surface area contributed by atoms with E-state index in [0.29, 0.717) is 41.6 Å². The molecule has 8 heteroatoms. The molecule has 0 aliphatic carbocycles. The molecule has 0 fully saturated rings. The maximum absolute atomic E-state index is 6.42. The van der Waals surface area contributed by atoms with Crippen molar-refractivity contribution >= 4 is 34.4 Å². The quantitative estimate of drug-likeness (QED) is 0.550. The highest BCUT2D eigenvalue weighted by molar-refractivity contribution is 7.80. The first-order valence-corrected chi connectivity index (χ1v) is 11.0. The van der Waals surface area contributed by atoms with Crippen LogP contribution in [-0.2, 0) is 16.9 Å². The molecule has 0 bridgehead atoms. The van der Waals surface area contributed by atoms with Crippen LogP contribution in [0.2, 0.25) is 0 Å². The number of thiocarbonyl (C=S) groups is 1. The van der Waals surface area contributed by atoms with Crippen molar-refractivity contribution in [3.63, 3.8) is 0 Å². The highest BCUT2D eigenvalue weighted by Crippen LogP contribution is 2.50. The van der Waals surface area contributed by atoms with Crippen LogP contribution in [-0.4, -0.2) is 28.9 Å². The van der Waals surface area contributed by atoms with Crippen molar-refractivity contribution in [3.05, 3.63) is 63.7 Å². The smallest absolute Gasteiger partial charge is 0.265 e. The molecule has 1 aromatic carbocycles. The third-order valence-electron chi connectivity index (χ3n) is 5.35. The molecule has 6 nitrogen and oxygen atoms in total. The molecule has 2 aliphatic heterocycles. The van der Waals surface area contributed by atoms with E-state index in [4.69, 9.17) is 26.4 Å². The number of thiazole rings is 1. The van der Waals surface area contributed by atoms with Gasteiger partial charge in [-0.2, -0.15) is 0 Å². The summed E-state index contributed by atoms with van der Waals surface area (Å²) in [7, 11) is 1.60. The fourth-order valence-corrected chi connectivity index (χ4v) is 5.07. The zero-order valence-corrected chi connectivity index (χ0v) is 18.5. The Bertz CT molecular complexity index is 1130. The molecule has 154 valence electrons. The lowest BCUT2D eigenvalue weighted by Gasteiger charge is -2.40. The maximum Gasteiger partial charge on any atom is 0.265 e. The number of hydrogen-bond donors (Lipinski definition) is 0. The van der Waals surface area contributed by atoms with E-state index in [9.17, 15) is 0 Å². The Balaban J connectivity index is 1.58. The van der Waals surface area contributed by atoms with E-state index in [1.807, 2.05) is 29.3 Å². The number of para-hydroxylation sites is 1. The number of fused-ring (bicyclic) bond motifs is 4. The molecule has 0 amide bonds. The van der Waals surface area contributed by atoms with E-state index in [2.05, 4.69) is 35.9 Å². The van der Waals surface area contributed by atoms with Gasteiger partial charge in [-0.3, -0.25) is 4.90 Å². The van der Waals surface area contributed by atoms with E-state index in [1.54, 1.807) is 24.5 Å². The lowest BCUT2D eigenvalue weighted by Crippen LogP contribution is -2.47. The lowest BCUT2D eigenvalue weighted by molar-refractivity contribution is 0.0625.